The molecule has 1 aromatic carbocycles. The quantitative estimate of drug-likeness (QED) is 0.718. The molecule has 0 spiro atoms. The number of nitrogens with one attached hydrogen (secondary N) is 2. The third kappa shape index (κ3) is 4.38. The molecule has 2 unspecified atom stereocenters. The molecule has 0 radical (unpaired) electrons. The van der Waals surface area contributed by atoms with E-state index in [0.717, 1.165) is 11.3 Å². The van der Waals surface area contributed by atoms with Crippen LogP contribution in [0.15, 0.2) is 24.3 Å². The Morgan fingerprint density at radius 1 is 1.38 bits per heavy atom. The van der Waals surface area contributed by atoms with Gasteiger partial charge in [0.2, 0.25) is 0 Å². The van der Waals surface area contributed by atoms with Gasteiger partial charge < -0.3 is 15.7 Å². The topological polar surface area (TPSA) is 79.2 Å². The molecule has 1 aromatic heterocycles. The van der Waals surface area contributed by atoms with Gasteiger partial charge in [0.05, 0.1) is 23.9 Å². The van der Waals surface area contributed by atoms with Gasteiger partial charge in [-0.15, -0.1) is 12.4 Å². The molecule has 0 saturated carbocycles. The fourth-order valence-corrected chi connectivity index (χ4v) is 3.40. The van der Waals surface area contributed by atoms with Crippen LogP contribution in [0.3, 0.4) is 0 Å². The molecule has 0 aliphatic carbocycles. The van der Waals surface area contributed by atoms with E-state index >= 15 is 0 Å². The van der Waals surface area contributed by atoms with Crippen molar-refractivity contribution in [3.8, 4) is 0 Å². The first-order valence-corrected chi connectivity index (χ1v) is 8.79. The normalized spacial score (nSPS) is 19.2. The van der Waals surface area contributed by atoms with E-state index in [9.17, 15) is 9.90 Å². The van der Waals surface area contributed by atoms with Crippen molar-refractivity contribution < 1.29 is 9.90 Å². The Morgan fingerprint density at radius 2 is 2.12 bits per heavy atom. The number of halogens is 2. The number of β-amino-alcohol motifs (C(OH)–C–C–N with tert-alkyl or cyclic N) is 1. The van der Waals surface area contributed by atoms with Crippen LogP contribution in [0, 0.1) is 19.8 Å². The van der Waals surface area contributed by atoms with Gasteiger partial charge in [0.25, 0.3) is 5.91 Å². The first kappa shape index (κ1) is 20.7. The lowest BCUT2D eigenvalue weighted by atomic mass is 10.1. The van der Waals surface area contributed by atoms with Gasteiger partial charge in [-0.2, -0.15) is 5.10 Å². The number of amides is 1. The molecule has 2 atom stereocenters. The van der Waals surface area contributed by atoms with Crippen LogP contribution in [0.4, 0.5) is 0 Å². The van der Waals surface area contributed by atoms with Crippen molar-refractivity contribution in [2.45, 2.75) is 26.5 Å². The molecule has 3 N–H and O–H groups in total. The predicted octanol–water partition coefficient (Wildman–Crippen LogP) is 1.93. The Kier molecular flexibility index (Phi) is 7.06. The number of aryl methyl sites for hydroxylation is 1. The average molecular weight is 399 g/mol. The number of benzene rings is 1. The molecule has 26 heavy (non-hydrogen) atoms. The van der Waals surface area contributed by atoms with Gasteiger partial charge in [0.15, 0.2) is 0 Å². The Morgan fingerprint density at radius 3 is 2.77 bits per heavy atom. The van der Waals surface area contributed by atoms with Crippen LogP contribution in [0.2, 0.25) is 5.02 Å². The smallest absolute Gasteiger partial charge is 0.255 e. The Balaban J connectivity index is 0.00000243. The zero-order valence-corrected chi connectivity index (χ0v) is 16.4. The SMILES string of the molecule is Cc1nn(Cc2ccccc2Cl)c(C)c1C(=O)NCC1CNCC1O.Cl. The van der Waals surface area contributed by atoms with Crippen LogP contribution in [-0.2, 0) is 6.54 Å². The van der Waals surface area contributed by atoms with E-state index < -0.39 is 6.10 Å². The molecule has 1 saturated heterocycles. The highest BCUT2D eigenvalue weighted by atomic mass is 35.5. The lowest BCUT2D eigenvalue weighted by Gasteiger charge is -2.14. The summed E-state index contributed by atoms with van der Waals surface area (Å²) >= 11 is 6.22. The highest BCUT2D eigenvalue weighted by molar-refractivity contribution is 6.31. The van der Waals surface area contributed by atoms with E-state index in [-0.39, 0.29) is 24.2 Å². The number of carbonyl (C=O) groups excluding carboxylic acids is 1. The summed E-state index contributed by atoms with van der Waals surface area (Å²) in [7, 11) is 0. The van der Waals surface area contributed by atoms with Crippen LogP contribution in [-0.4, -0.2) is 46.5 Å². The maximum Gasteiger partial charge on any atom is 0.255 e. The van der Waals surface area contributed by atoms with Gasteiger partial charge in [0, 0.05) is 36.3 Å². The molecule has 3 rings (SSSR count). The summed E-state index contributed by atoms with van der Waals surface area (Å²) in [5, 5.41) is 21.1. The number of aliphatic hydroxyl groups excluding tert-OH is 1. The summed E-state index contributed by atoms with van der Waals surface area (Å²) in [6, 6.07) is 7.61. The second-order valence-corrected chi connectivity index (χ2v) is 6.90. The number of rotatable bonds is 5. The largest absolute Gasteiger partial charge is 0.391 e. The first-order chi connectivity index (χ1) is 12.0. The molecule has 2 heterocycles. The first-order valence-electron chi connectivity index (χ1n) is 8.41. The van der Waals surface area contributed by atoms with Crippen molar-refractivity contribution >= 4 is 29.9 Å². The van der Waals surface area contributed by atoms with Crippen molar-refractivity contribution in [2.24, 2.45) is 5.92 Å². The van der Waals surface area contributed by atoms with E-state index in [1.165, 1.54) is 0 Å². The van der Waals surface area contributed by atoms with E-state index in [1.807, 2.05) is 38.1 Å². The highest BCUT2D eigenvalue weighted by Gasteiger charge is 2.26. The fourth-order valence-electron chi connectivity index (χ4n) is 3.21. The van der Waals surface area contributed by atoms with Crippen molar-refractivity contribution in [2.75, 3.05) is 19.6 Å². The van der Waals surface area contributed by atoms with Gasteiger partial charge in [-0.25, -0.2) is 0 Å². The minimum Gasteiger partial charge on any atom is -0.391 e. The van der Waals surface area contributed by atoms with E-state index in [0.29, 0.717) is 42.5 Å². The van der Waals surface area contributed by atoms with Crippen molar-refractivity contribution in [1.82, 2.24) is 20.4 Å². The highest BCUT2D eigenvalue weighted by Crippen LogP contribution is 2.19. The van der Waals surface area contributed by atoms with Crippen LogP contribution in [0.5, 0.6) is 0 Å². The summed E-state index contributed by atoms with van der Waals surface area (Å²) in [6.45, 7) is 5.97. The number of hydrogen-bond acceptors (Lipinski definition) is 4. The Bertz CT molecular complexity index is 779. The van der Waals surface area contributed by atoms with Crippen LogP contribution >= 0.6 is 24.0 Å². The maximum absolute atomic E-state index is 12.6. The average Bonchev–Trinajstić information content (AvgIpc) is 3.10. The van der Waals surface area contributed by atoms with Gasteiger partial charge in [0.1, 0.15) is 0 Å². The summed E-state index contributed by atoms with van der Waals surface area (Å²) in [4.78, 5) is 12.6. The standard InChI is InChI=1S/C18H23ClN4O2.ClH/c1-11-17(18(25)21-8-14-7-20-9-16(14)24)12(2)23(22-11)10-13-5-3-4-6-15(13)19;/h3-6,14,16,20,24H,7-10H2,1-2H3,(H,21,25);1H. The molecule has 8 heteroatoms. The van der Waals surface area contributed by atoms with Gasteiger partial charge >= 0.3 is 0 Å². The van der Waals surface area contributed by atoms with Crippen LogP contribution in [0.1, 0.15) is 27.3 Å². The molecule has 0 bridgehead atoms. The minimum absolute atomic E-state index is 0. The summed E-state index contributed by atoms with van der Waals surface area (Å²) < 4.78 is 1.80. The summed E-state index contributed by atoms with van der Waals surface area (Å²) in [5.74, 6) is -0.109. The fraction of sp³-hybridized carbons (Fsp3) is 0.444. The van der Waals surface area contributed by atoms with E-state index in [4.69, 9.17) is 11.6 Å². The number of aliphatic hydroxyl groups is 1. The van der Waals surface area contributed by atoms with E-state index in [1.54, 1.807) is 4.68 Å². The number of aromatic nitrogens is 2. The zero-order chi connectivity index (χ0) is 18.0. The summed E-state index contributed by atoms with van der Waals surface area (Å²) in [5.41, 5.74) is 3.04. The third-order valence-corrected chi connectivity index (χ3v) is 5.08. The monoisotopic (exact) mass is 398 g/mol. The number of hydrogen-bond donors (Lipinski definition) is 3. The second kappa shape index (κ2) is 8.86. The number of carbonyl (C=O) groups is 1. The molecule has 1 amide bonds. The minimum atomic E-state index is -0.412. The Labute approximate surface area is 164 Å². The van der Waals surface area contributed by atoms with Crippen LogP contribution < -0.4 is 10.6 Å². The molecule has 142 valence electrons. The predicted molar refractivity (Wildman–Crippen MR) is 104 cm³/mol. The molecular formula is C18H24Cl2N4O2. The van der Waals surface area contributed by atoms with Gasteiger partial charge in [-0.1, -0.05) is 29.8 Å². The van der Waals surface area contributed by atoms with Crippen LogP contribution in [0.25, 0.3) is 0 Å². The molecule has 1 aliphatic rings. The van der Waals surface area contributed by atoms with Gasteiger partial charge in [-0.05, 0) is 25.5 Å². The zero-order valence-electron chi connectivity index (χ0n) is 14.8. The third-order valence-electron chi connectivity index (χ3n) is 4.72. The molecule has 6 nitrogen and oxygen atoms in total. The maximum atomic E-state index is 12.6. The van der Waals surface area contributed by atoms with Gasteiger partial charge in [-0.3, -0.25) is 9.48 Å². The summed E-state index contributed by atoms with van der Waals surface area (Å²) in [6.07, 6.45) is -0.412. The van der Waals surface area contributed by atoms with E-state index in [2.05, 4.69) is 15.7 Å². The number of nitrogens with zero attached hydrogens (tertiary/aromatic N) is 2. The van der Waals surface area contributed by atoms with Crippen molar-refractivity contribution in [1.29, 1.82) is 0 Å². The second-order valence-electron chi connectivity index (χ2n) is 6.49. The lowest BCUT2D eigenvalue weighted by Crippen LogP contribution is -2.34. The molecular weight excluding hydrogens is 375 g/mol. The Hall–Kier alpha value is -1.60. The van der Waals surface area contributed by atoms with Crippen molar-refractivity contribution in [3.63, 3.8) is 0 Å². The van der Waals surface area contributed by atoms with Crippen molar-refractivity contribution in [3.05, 3.63) is 51.8 Å². The molecule has 2 aromatic rings. The molecule has 1 fully saturated rings. The lowest BCUT2D eigenvalue weighted by molar-refractivity contribution is 0.0925. The molecule has 1 aliphatic heterocycles.